The van der Waals surface area contributed by atoms with E-state index in [9.17, 15) is 5.11 Å². The van der Waals surface area contributed by atoms with Crippen LogP contribution in [0.2, 0.25) is 0 Å². The van der Waals surface area contributed by atoms with Gasteiger partial charge in [0.1, 0.15) is 18.9 Å². The van der Waals surface area contributed by atoms with Crippen molar-refractivity contribution in [1.29, 1.82) is 0 Å². The Balaban J connectivity index is 1.63. The Labute approximate surface area is 112 Å². The molecule has 1 aromatic heterocycles. The lowest BCUT2D eigenvalue weighted by Crippen LogP contribution is -2.42. The number of aliphatic hydroxyl groups is 1. The van der Waals surface area contributed by atoms with E-state index in [2.05, 4.69) is 21.0 Å². The molecule has 1 aliphatic rings. The second-order valence-electron chi connectivity index (χ2n) is 4.99. The number of hydrogen-bond acceptors (Lipinski definition) is 6. The maximum Gasteiger partial charge on any atom is 0.245 e. The predicted octanol–water partition coefficient (Wildman–Crippen LogP) is 1.45. The van der Waals surface area contributed by atoms with E-state index in [1.54, 1.807) is 6.20 Å². The van der Waals surface area contributed by atoms with Crippen LogP contribution < -0.4 is 10.1 Å². The molecule has 1 fully saturated rings. The molecule has 3 atom stereocenters. The maximum atomic E-state index is 9.83. The van der Waals surface area contributed by atoms with Crippen LogP contribution in [-0.2, 0) is 0 Å². The third kappa shape index (κ3) is 4.19. The van der Waals surface area contributed by atoms with Gasteiger partial charge in [-0.1, -0.05) is 19.8 Å². The molecular weight excluding hydrogens is 250 g/mol. The van der Waals surface area contributed by atoms with E-state index in [0.29, 0.717) is 24.4 Å². The highest BCUT2D eigenvalue weighted by molar-refractivity contribution is 6.99. The molecule has 0 spiro atoms. The average molecular weight is 271 g/mol. The van der Waals surface area contributed by atoms with E-state index in [0.717, 1.165) is 11.7 Å². The Kier molecular flexibility index (Phi) is 5.34. The van der Waals surface area contributed by atoms with Gasteiger partial charge >= 0.3 is 0 Å². The van der Waals surface area contributed by atoms with Crippen LogP contribution in [0.4, 0.5) is 0 Å². The van der Waals surface area contributed by atoms with Crippen molar-refractivity contribution in [2.75, 3.05) is 13.2 Å². The van der Waals surface area contributed by atoms with Crippen molar-refractivity contribution in [3.63, 3.8) is 0 Å². The lowest BCUT2D eigenvalue weighted by atomic mass is 9.86. The molecule has 3 unspecified atom stereocenters. The molecule has 5 nitrogen and oxygen atoms in total. The normalized spacial score (nSPS) is 25.9. The SMILES string of the molecule is CC1CCCCC1NCC(O)COc1cnsn1. The highest BCUT2D eigenvalue weighted by atomic mass is 32.1. The summed E-state index contributed by atoms with van der Waals surface area (Å²) in [7, 11) is 0. The summed E-state index contributed by atoms with van der Waals surface area (Å²) in [5.41, 5.74) is 0. The van der Waals surface area contributed by atoms with Gasteiger partial charge in [-0.3, -0.25) is 0 Å². The molecule has 0 aliphatic heterocycles. The van der Waals surface area contributed by atoms with Gasteiger partial charge in [-0.25, -0.2) is 0 Å². The van der Waals surface area contributed by atoms with E-state index in [1.807, 2.05) is 0 Å². The van der Waals surface area contributed by atoms with Crippen LogP contribution in [0.1, 0.15) is 32.6 Å². The molecule has 2 rings (SSSR count). The molecule has 6 heteroatoms. The van der Waals surface area contributed by atoms with Crippen molar-refractivity contribution >= 4 is 11.7 Å². The quantitative estimate of drug-likeness (QED) is 0.819. The Morgan fingerprint density at radius 1 is 1.56 bits per heavy atom. The Morgan fingerprint density at radius 2 is 2.39 bits per heavy atom. The van der Waals surface area contributed by atoms with Crippen molar-refractivity contribution in [2.45, 2.75) is 44.8 Å². The van der Waals surface area contributed by atoms with Crippen molar-refractivity contribution < 1.29 is 9.84 Å². The van der Waals surface area contributed by atoms with Gasteiger partial charge in [0.05, 0.1) is 11.7 Å². The summed E-state index contributed by atoms with van der Waals surface area (Å²) in [6.45, 7) is 3.12. The first-order chi connectivity index (χ1) is 8.75. The lowest BCUT2D eigenvalue weighted by Gasteiger charge is -2.30. The number of nitrogens with zero attached hydrogens (tertiary/aromatic N) is 2. The lowest BCUT2D eigenvalue weighted by molar-refractivity contribution is 0.0967. The summed E-state index contributed by atoms with van der Waals surface area (Å²) < 4.78 is 13.1. The molecule has 0 amide bonds. The minimum absolute atomic E-state index is 0.263. The molecule has 0 bridgehead atoms. The monoisotopic (exact) mass is 271 g/mol. The van der Waals surface area contributed by atoms with Gasteiger partial charge in [0.15, 0.2) is 0 Å². The van der Waals surface area contributed by atoms with E-state index >= 15 is 0 Å². The number of aromatic nitrogens is 2. The van der Waals surface area contributed by atoms with Crippen LogP contribution in [0.25, 0.3) is 0 Å². The summed E-state index contributed by atoms with van der Waals surface area (Å²) >= 11 is 1.11. The van der Waals surface area contributed by atoms with Gasteiger partial charge in [-0.15, -0.1) is 4.37 Å². The summed E-state index contributed by atoms with van der Waals surface area (Å²) in [5, 5.41) is 13.3. The molecule has 0 radical (unpaired) electrons. The number of aliphatic hydroxyl groups excluding tert-OH is 1. The first-order valence-corrected chi connectivity index (χ1v) is 7.30. The largest absolute Gasteiger partial charge is 0.473 e. The van der Waals surface area contributed by atoms with Gasteiger partial charge < -0.3 is 15.2 Å². The van der Waals surface area contributed by atoms with Gasteiger partial charge in [0, 0.05) is 12.6 Å². The van der Waals surface area contributed by atoms with Crippen molar-refractivity contribution in [3.05, 3.63) is 6.20 Å². The third-order valence-corrected chi connectivity index (χ3v) is 3.95. The molecular formula is C12H21N3O2S. The zero-order chi connectivity index (χ0) is 12.8. The maximum absolute atomic E-state index is 9.83. The van der Waals surface area contributed by atoms with Crippen LogP contribution in [0.5, 0.6) is 5.88 Å². The van der Waals surface area contributed by atoms with Gasteiger partial charge in [-0.05, 0) is 18.8 Å². The Hall–Kier alpha value is -0.720. The second-order valence-corrected chi connectivity index (χ2v) is 5.54. The van der Waals surface area contributed by atoms with Crippen LogP contribution in [0.3, 0.4) is 0 Å². The number of rotatable bonds is 6. The molecule has 1 saturated carbocycles. The highest BCUT2D eigenvalue weighted by Crippen LogP contribution is 2.23. The molecule has 102 valence electrons. The minimum Gasteiger partial charge on any atom is -0.473 e. The van der Waals surface area contributed by atoms with Crippen LogP contribution in [0.15, 0.2) is 6.20 Å². The first-order valence-electron chi connectivity index (χ1n) is 6.57. The fourth-order valence-electron chi connectivity index (χ4n) is 2.37. The van der Waals surface area contributed by atoms with Crippen molar-refractivity contribution in [1.82, 2.24) is 14.1 Å². The molecule has 0 aromatic carbocycles. The van der Waals surface area contributed by atoms with Crippen LogP contribution >= 0.6 is 11.7 Å². The van der Waals surface area contributed by atoms with E-state index < -0.39 is 6.10 Å². The summed E-state index contributed by atoms with van der Waals surface area (Å²) in [6.07, 6.45) is 6.19. The number of hydrogen-bond donors (Lipinski definition) is 2. The smallest absolute Gasteiger partial charge is 0.245 e. The highest BCUT2D eigenvalue weighted by Gasteiger charge is 2.21. The molecule has 2 N–H and O–H groups in total. The predicted molar refractivity (Wildman–Crippen MR) is 70.8 cm³/mol. The molecule has 1 aromatic rings. The Morgan fingerprint density at radius 3 is 3.11 bits per heavy atom. The zero-order valence-corrected chi connectivity index (χ0v) is 11.5. The van der Waals surface area contributed by atoms with Crippen molar-refractivity contribution in [2.24, 2.45) is 5.92 Å². The second kappa shape index (κ2) is 7.01. The van der Waals surface area contributed by atoms with Gasteiger partial charge in [0.2, 0.25) is 5.88 Å². The van der Waals surface area contributed by atoms with Gasteiger partial charge in [0.25, 0.3) is 0 Å². The molecule has 18 heavy (non-hydrogen) atoms. The summed E-state index contributed by atoms with van der Waals surface area (Å²) in [5.74, 6) is 1.19. The zero-order valence-electron chi connectivity index (χ0n) is 10.7. The molecule has 0 saturated heterocycles. The van der Waals surface area contributed by atoms with Gasteiger partial charge in [-0.2, -0.15) is 4.37 Å². The topological polar surface area (TPSA) is 67.3 Å². The van der Waals surface area contributed by atoms with Crippen molar-refractivity contribution in [3.8, 4) is 5.88 Å². The number of ether oxygens (including phenoxy) is 1. The fourth-order valence-corrected chi connectivity index (χ4v) is 2.73. The third-order valence-electron chi connectivity index (χ3n) is 3.49. The fraction of sp³-hybridized carbons (Fsp3) is 0.833. The van der Waals surface area contributed by atoms with E-state index in [4.69, 9.17) is 4.74 Å². The summed E-state index contributed by atoms with van der Waals surface area (Å²) in [4.78, 5) is 0. The van der Waals surface area contributed by atoms with E-state index in [-0.39, 0.29) is 6.61 Å². The molecule has 1 aliphatic carbocycles. The summed E-state index contributed by atoms with van der Waals surface area (Å²) in [6, 6.07) is 0.536. The standard InChI is InChI=1S/C12H21N3O2S/c1-9-4-2-3-5-11(9)13-6-10(16)8-17-12-7-14-18-15-12/h7,9-11,13,16H,2-6,8H2,1H3. The first kappa shape index (κ1) is 13.7. The molecule has 1 heterocycles. The van der Waals surface area contributed by atoms with Crippen LogP contribution in [-0.4, -0.2) is 39.2 Å². The number of nitrogens with one attached hydrogen (secondary N) is 1. The van der Waals surface area contributed by atoms with Crippen LogP contribution in [0, 0.1) is 5.92 Å². The Bertz CT molecular complexity index is 334. The average Bonchev–Trinajstić information content (AvgIpc) is 2.88. The van der Waals surface area contributed by atoms with E-state index in [1.165, 1.54) is 25.7 Å². The minimum atomic E-state index is -0.499.